The molecule has 7 heteroatoms. The monoisotopic (exact) mass is 394 g/mol. The van der Waals surface area contributed by atoms with Crippen molar-refractivity contribution in [2.24, 2.45) is 0 Å². The summed E-state index contributed by atoms with van der Waals surface area (Å²) in [7, 11) is 0. The lowest BCUT2D eigenvalue weighted by molar-refractivity contribution is -0.236. The first kappa shape index (κ1) is 18.0. The highest BCUT2D eigenvalue weighted by molar-refractivity contribution is 9.09. The molecule has 0 unspecified atom stereocenters. The SMILES string of the molecule is CC1(C)O[C@H]2O[C@H]([C@H]3COC(C)(C)O3)[C@H](OCCCCBr)[C@H]2O1. The van der Waals surface area contributed by atoms with E-state index in [1.54, 1.807) is 0 Å². The average Bonchev–Trinajstić information content (AvgIpc) is 3.05. The van der Waals surface area contributed by atoms with Gasteiger partial charge in [-0.05, 0) is 40.5 Å². The van der Waals surface area contributed by atoms with Crippen LogP contribution in [0.1, 0.15) is 40.5 Å². The van der Waals surface area contributed by atoms with Crippen LogP contribution in [0, 0.1) is 0 Å². The molecule has 0 N–H and O–H groups in total. The van der Waals surface area contributed by atoms with E-state index in [-0.39, 0.29) is 24.4 Å². The van der Waals surface area contributed by atoms with Crippen molar-refractivity contribution in [3.63, 3.8) is 0 Å². The highest BCUT2D eigenvalue weighted by Gasteiger charge is 2.58. The second-order valence-electron chi connectivity index (χ2n) is 7.17. The number of hydrogen-bond acceptors (Lipinski definition) is 6. The summed E-state index contributed by atoms with van der Waals surface area (Å²) in [4.78, 5) is 0. The summed E-state index contributed by atoms with van der Waals surface area (Å²) in [5.41, 5.74) is 0. The molecule has 0 radical (unpaired) electrons. The molecule has 0 aromatic carbocycles. The number of hydrogen-bond donors (Lipinski definition) is 0. The molecule has 3 rings (SSSR count). The van der Waals surface area contributed by atoms with Crippen LogP contribution in [-0.4, -0.2) is 60.8 Å². The number of halogens is 1. The maximum atomic E-state index is 6.12. The molecule has 0 bridgehead atoms. The fourth-order valence-corrected chi connectivity index (χ4v) is 3.68. The summed E-state index contributed by atoms with van der Waals surface area (Å²) in [5, 5.41) is 0.980. The summed E-state index contributed by atoms with van der Waals surface area (Å²) in [5.74, 6) is -1.24. The van der Waals surface area contributed by atoms with E-state index in [9.17, 15) is 0 Å². The third kappa shape index (κ3) is 4.08. The number of fused-ring (bicyclic) bond motifs is 1. The van der Waals surface area contributed by atoms with Crippen molar-refractivity contribution < 1.29 is 28.4 Å². The van der Waals surface area contributed by atoms with Gasteiger partial charge in [-0.15, -0.1) is 0 Å². The van der Waals surface area contributed by atoms with E-state index < -0.39 is 17.9 Å². The Kier molecular flexibility index (Phi) is 5.38. The van der Waals surface area contributed by atoms with Crippen LogP contribution in [0.4, 0.5) is 0 Å². The second kappa shape index (κ2) is 6.86. The van der Waals surface area contributed by atoms with Crippen LogP contribution in [-0.2, 0) is 28.4 Å². The molecule has 0 aromatic heterocycles. The highest BCUT2D eigenvalue weighted by Crippen LogP contribution is 2.41. The maximum absolute atomic E-state index is 6.12. The molecular formula is C16H27BrO6. The van der Waals surface area contributed by atoms with E-state index >= 15 is 0 Å². The molecule has 0 amide bonds. The fraction of sp³-hybridized carbons (Fsp3) is 1.00. The van der Waals surface area contributed by atoms with Crippen molar-refractivity contribution in [2.75, 3.05) is 18.5 Å². The van der Waals surface area contributed by atoms with Gasteiger partial charge in [-0.25, -0.2) is 0 Å². The van der Waals surface area contributed by atoms with E-state index in [1.807, 2.05) is 27.7 Å². The average molecular weight is 395 g/mol. The van der Waals surface area contributed by atoms with Gasteiger partial charge in [-0.3, -0.25) is 0 Å². The second-order valence-corrected chi connectivity index (χ2v) is 7.96. The van der Waals surface area contributed by atoms with Crippen LogP contribution >= 0.6 is 15.9 Å². The van der Waals surface area contributed by atoms with Crippen LogP contribution in [0.3, 0.4) is 0 Å². The van der Waals surface area contributed by atoms with Gasteiger partial charge in [0.1, 0.15) is 24.4 Å². The van der Waals surface area contributed by atoms with Crippen molar-refractivity contribution in [2.45, 2.75) is 82.8 Å². The lowest BCUT2D eigenvalue weighted by atomic mass is 10.1. The van der Waals surface area contributed by atoms with Crippen LogP contribution < -0.4 is 0 Å². The molecule has 5 atom stereocenters. The van der Waals surface area contributed by atoms with Gasteiger partial charge in [0.2, 0.25) is 0 Å². The van der Waals surface area contributed by atoms with E-state index in [4.69, 9.17) is 28.4 Å². The molecule has 3 saturated heterocycles. The number of rotatable bonds is 6. The molecule has 3 heterocycles. The predicted molar refractivity (Wildman–Crippen MR) is 86.4 cm³/mol. The zero-order valence-corrected chi connectivity index (χ0v) is 15.8. The Labute approximate surface area is 146 Å². The zero-order valence-electron chi connectivity index (χ0n) is 14.2. The van der Waals surface area contributed by atoms with Crippen molar-refractivity contribution in [3.8, 4) is 0 Å². The van der Waals surface area contributed by atoms with E-state index in [2.05, 4.69) is 15.9 Å². The molecule has 134 valence electrons. The lowest BCUT2D eigenvalue weighted by Crippen LogP contribution is -2.44. The van der Waals surface area contributed by atoms with E-state index in [1.165, 1.54) is 0 Å². The summed E-state index contributed by atoms with van der Waals surface area (Å²) < 4.78 is 35.7. The normalized spacial score (nSPS) is 41.3. The van der Waals surface area contributed by atoms with Gasteiger partial charge in [0.05, 0.1) is 6.61 Å². The molecule has 3 fully saturated rings. The van der Waals surface area contributed by atoms with Crippen LogP contribution in [0.5, 0.6) is 0 Å². The Hall–Kier alpha value is 0.240. The number of unbranched alkanes of at least 4 members (excludes halogenated alkanes) is 1. The maximum Gasteiger partial charge on any atom is 0.190 e. The Morgan fingerprint density at radius 3 is 2.43 bits per heavy atom. The lowest BCUT2D eigenvalue weighted by Gasteiger charge is -2.29. The molecule has 0 spiro atoms. The van der Waals surface area contributed by atoms with Crippen LogP contribution in [0.25, 0.3) is 0 Å². The Morgan fingerprint density at radius 2 is 1.78 bits per heavy atom. The minimum Gasteiger partial charge on any atom is -0.372 e. The number of alkyl halides is 1. The molecule has 0 aliphatic carbocycles. The smallest absolute Gasteiger partial charge is 0.190 e. The van der Waals surface area contributed by atoms with Gasteiger partial charge in [0.25, 0.3) is 0 Å². The minimum atomic E-state index is -0.649. The van der Waals surface area contributed by atoms with Crippen molar-refractivity contribution in [3.05, 3.63) is 0 Å². The molecule has 3 aliphatic rings. The fourth-order valence-electron chi connectivity index (χ4n) is 3.29. The topological polar surface area (TPSA) is 55.4 Å². The van der Waals surface area contributed by atoms with Crippen LogP contribution in [0.15, 0.2) is 0 Å². The number of ether oxygens (including phenoxy) is 6. The quantitative estimate of drug-likeness (QED) is 0.509. The van der Waals surface area contributed by atoms with Crippen molar-refractivity contribution in [1.29, 1.82) is 0 Å². The third-order valence-corrected chi connectivity index (χ3v) is 4.82. The van der Waals surface area contributed by atoms with Gasteiger partial charge in [0, 0.05) is 11.9 Å². The summed E-state index contributed by atoms with van der Waals surface area (Å²) in [6.07, 6.45) is 0.794. The first-order chi connectivity index (χ1) is 10.8. The first-order valence-corrected chi connectivity index (χ1v) is 9.44. The third-order valence-electron chi connectivity index (χ3n) is 4.26. The molecule has 6 nitrogen and oxygen atoms in total. The Bertz CT molecular complexity index is 415. The predicted octanol–water partition coefficient (Wildman–Crippen LogP) is 2.57. The van der Waals surface area contributed by atoms with E-state index in [0.29, 0.717) is 13.2 Å². The molecule has 0 aromatic rings. The van der Waals surface area contributed by atoms with Crippen molar-refractivity contribution >= 4 is 15.9 Å². The summed E-state index contributed by atoms with van der Waals surface area (Å²) >= 11 is 3.44. The zero-order chi connectivity index (χ0) is 16.7. The minimum absolute atomic E-state index is 0.174. The Morgan fingerprint density at radius 1 is 1.00 bits per heavy atom. The summed E-state index contributed by atoms with van der Waals surface area (Å²) in [6.45, 7) is 8.76. The molecular weight excluding hydrogens is 368 g/mol. The van der Waals surface area contributed by atoms with E-state index in [0.717, 1.165) is 18.2 Å². The van der Waals surface area contributed by atoms with Gasteiger partial charge >= 0.3 is 0 Å². The van der Waals surface area contributed by atoms with Gasteiger partial charge in [0.15, 0.2) is 17.9 Å². The van der Waals surface area contributed by atoms with Gasteiger partial charge < -0.3 is 28.4 Å². The molecule has 23 heavy (non-hydrogen) atoms. The standard InChI is InChI=1S/C16H27BrO6/c1-15(2)19-9-10(21-15)11-12(18-8-6-5-7-17)13-14(20-11)23-16(3,4)22-13/h10-14H,5-9H2,1-4H3/t10-,11-,12+,13-,14-/m1/s1. The van der Waals surface area contributed by atoms with Gasteiger partial charge in [-0.1, -0.05) is 15.9 Å². The largest absolute Gasteiger partial charge is 0.372 e. The van der Waals surface area contributed by atoms with Gasteiger partial charge in [-0.2, -0.15) is 0 Å². The summed E-state index contributed by atoms with van der Waals surface area (Å²) in [6, 6.07) is 0. The van der Waals surface area contributed by atoms with Crippen LogP contribution in [0.2, 0.25) is 0 Å². The molecule has 3 aliphatic heterocycles. The highest BCUT2D eigenvalue weighted by atomic mass is 79.9. The Balaban J connectivity index is 1.66. The van der Waals surface area contributed by atoms with Crippen molar-refractivity contribution in [1.82, 2.24) is 0 Å². The molecule has 0 saturated carbocycles. The first-order valence-electron chi connectivity index (χ1n) is 8.32.